The number of rotatable bonds is 8. The lowest BCUT2D eigenvalue weighted by Gasteiger charge is -2.10. The first-order valence-electron chi connectivity index (χ1n) is 8.87. The summed E-state index contributed by atoms with van der Waals surface area (Å²) in [5.41, 5.74) is 0.467. The normalized spacial score (nSPS) is 10.3. The summed E-state index contributed by atoms with van der Waals surface area (Å²) in [6, 6.07) is 18.3. The average Bonchev–Trinajstić information content (AvgIpc) is 2.75. The Morgan fingerprint density at radius 1 is 0.793 bits per heavy atom. The molecule has 3 aromatic rings. The Morgan fingerprint density at radius 2 is 1.48 bits per heavy atom. The first-order chi connectivity index (χ1) is 14.1. The van der Waals surface area contributed by atoms with E-state index in [1.165, 1.54) is 14.2 Å². The molecule has 0 fully saturated rings. The molecule has 0 aromatic heterocycles. The second-order valence-electron chi connectivity index (χ2n) is 6.11. The van der Waals surface area contributed by atoms with Crippen LogP contribution in [0.4, 0.5) is 5.69 Å². The molecular formula is C22H21NO6. The lowest BCUT2D eigenvalue weighted by Crippen LogP contribution is -2.23. The van der Waals surface area contributed by atoms with Gasteiger partial charge in [-0.3, -0.25) is 4.79 Å². The van der Waals surface area contributed by atoms with Gasteiger partial charge in [-0.05, 0) is 22.9 Å². The van der Waals surface area contributed by atoms with Gasteiger partial charge in [-0.2, -0.15) is 0 Å². The van der Waals surface area contributed by atoms with Gasteiger partial charge in [0.05, 0.1) is 14.2 Å². The van der Waals surface area contributed by atoms with Gasteiger partial charge in [0.25, 0.3) is 5.91 Å². The molecule has 0 saturated carbocycles. The highest BCUT2D eigenvalue weighted by atomic mass is 16.6. The van der Waals surface area contributed by atoms with Gasteiger partial charge in [0.1, 0.15) is 17.2 Å². The number of anilines is 1. The summed E-state index contributed by atoms with van der Waals surface area (Å²) >= 11 is 0. The van der Waals surface area contributed by atoms with Gasteiger partial charge in [-0.15, -0.1) is 0 Å². The van der Waals surface area contributed by atoms with Crippen molar-refractivity contribution in [2.24, 2.45) is 0 Å². The van der Waals surface area contributed by atoms with Crippen molar-refractivity contribution in [3.63, 3.8) is 0 Å². The molecule has 3 rings (SSSR count). The number of carbonyl (C=O) groups excluding carboxylic acids is 2. The number of hydrogen-bond donors (Lipinski definition) is 1. The van der Waals surface area contributed by atoms with Crippen LogP contribution in [0, 0.1) is 0 Å². The van der Waals surface area contributed by atoms with Crippen molar-refractivity contribution < 1.29 is 28.5 Å². The third-order valence-corrected chi connectivity index (χ3v) is 4.08. The van der Waals surface area contributed by atoms with Gasteiger partial charge in [0.2, 0.25) is 0 Å². The molecule has 150 valence electrons. The maximum Gasteiger partial charge on any atom is 0.344 e. The largest absolute Gasteiger partial charge is 0.497 e. The number of amides is 1. The van der Waals surface area contributed by atoms with Crippen molar-refractivity contribution >= 4 is 28.3 Å². The molecule has 1 N–H and O–H groups in total. The van der Waals surface area contributed by atoms with E-state index in [1.807, 2.05) is 36.4 Å². The Bertz CT molecular complexity index is 995. The van der Waals surface area contributed by atoms with E-state index in [0.29, 0.717) is 22.9 Å². The molecule has 0 saturated heterocycles. The Kier molecular flexibility index (Phi) is 6.52. The van der Waals surface area contributed by atoms with Crippen LogP contribution in [0.25, 0.3) is 10.8 Å². The van der Waals surface area contributed by atoms with Crippen LogP contribution in [0.1, 0.15) is 0 Å². The van der Waals surface area contributed by atoms with E-state index in [0.717, 1.165) is 10.8 Å². The molecule has 0 unspecified atom stereocenters. The second kappa shape index (κ2) is 9.45. The topological polar surface area (TPSA) is 83.1 Å². The monoisotopic (exact) mass is 395 g/mol. The van der Waals surface area contributed by atoms with Crippen molar-refractivity contribution in [2.45, 2.75) is 0 Å². The first kappa shape index (κ1) is 20.0. The minimum absolute atomic E-state index is 0.293. The molecule has 0 bridgehead atoms. The van der Waals surface area contributed by atoms with Crippen molar-refractivity contribution in [3.05, 3.63) is 60.7 Å². The SMILES string of the molecule is COc1cc(NC(=O)COC(=O)COc2ccc3ccccc3c2)cc(OC)c1. The summed E-state index contributed by atoms with van der Waals surface area (Å²) in [5.74, 6) is 0.477. The predicted octanol–water partition coefficient (Wildman–Crippen LogP) is 3.42. The molecule has 0 aliphatic rings. The van der Waals surface area contributed by atoms with Crippen LogP contribution in [-0.4, -0.2) is 39.3 Å². The Balaban J connectivity index is 1.48. The summed E-state index contributed by atoms with van der Waals surface area (Å²) in [6.45, 7) is -0.724. The fourth-order valence-corrected chi connectivity index (χ4v) is 2.66. The third-order valence-electron chi connectivity index (χ3n) is 4.08. The van der Waals surface area contributed by atoms with Crippen molar-refractivity contribution in [3.8, 4) is 17.2 Å². The van der Waals surface area contributed by atoms with Crippen LogP contribution in [0.3, 0.4) is 0 Å². The maximum absolute atomic E-state index is 12.0. The summed E-state index contributed by atoms with van der Waals surface area (Å²) in [7, 11) is 3.02. The number of hydrogen-bond acceptors (Lipinski definition) is 6. The number of methoxy groups -OCH3 is 2. The van der Waals surface area contributed by atoms with Crippen LogP contribution in [0.5, 0.6) is 17.2 Å². The van der Waals surface area contributed by atoms with Gasteiger partial charge >= 0.3 is 5.97 Å². The van der Waals surface area contributed by atoms with Gasteiger partial charge in [-0.1, -0.05) is 30.3 Å². The number of nitrogens with one attached hydrogen (secondary N) is 1. The minimum atomic E-state index is -0.642. The predicted molar refractivity (Wildman–Crippen MR) is 109 cm³/mol. The molecule has 0 spiro atoms. The number of ether oxygens (including phenoxy) is 4. The zero-order chi connectivity index (χ0) is 20.6. The van der Waals surface area contributed by atoms with E-state index in [1.54, 1.807) is 24.3 Å². The molecule has 0 aliphatic heterocycles. The fourth-order valence-electron chi connectivity index (χ4n) is 2.66. The Morgan fingerprint density at radius 3 is 2.17 bits per heavy atom. The smallest absolute Gasteiger partial charge is 0.344 e. The van der Waals surface area contributed by atoms with Gasteiger partial charge in [0.15, 0.2) is 13.2 Å². The highest BCUT2D eigenvalue weighted by Crippen LogP contribution is 2.25. The lowest BCUT2D eigenvalue weighted by atomic mass is 10.1. The summed E-state index contributed by atoms with van der Waals surface area (Å²) in [6.07, 6.45) is 0. The van der Waals surface area contributed by atoms with Crippen LogP contribution in [0.15, 0.2) is 60.7 Å². The minimum Gasteiger partial charge on any atom is -0.497 e. The zero-order valence-corrected chi connectivity index (χ0v) is 16.1. The van der Waals surface area contributed by atoms with Gasteiger partial charge < -0.3 is 24.3 Å². The third kappa shape index (κ3) is 5.62. The molecule has 0 radical (unpaired) electrons. The van der Waals surface area contributed by atoms with Crippen molar-refractivity contribution in [2.75, 3.05) is 32.8 Å². The second-order valence-corrected chi connectivity index (χ2v) is 6.11. The van der Waals surface area contributed by atoms with Crippen LogP contribution >= 0.6 is 0 Å². The average molecular weight is 395 g/mol. The van der Waals surface area contributed by atoms with Gasteiger partial charge in [-0.25, -0.2) is 4.79 Å². The van der Waals surface area contributed by atoms with Crippen LogP contribution in [0.2, 0.25) is 0 Å². The molecule has 0 atom stereocenters. The molecular weight excluding hydrogens is 374 g/mol. The first-order valence-corrected chi connectivity index (χ1v) is 8.87. The van der Waals surface area contributed by atoms with E-state index in [4.69, 9.17) is 18.9 Å². The summed E-state index contributed by atoms with van der Waals surface area (Å²) in [4.78, 5) is 23.9. The number of fused-ring (bicyclic) bond motifs is 1. The molecule has 29 heavy (non-hydrogen) atoms. The molecule has 7 heteroatoms. The Hall–Kier alpha value is -3.74. The van der Waals surface area contributed by atoms with Gasteiger partial charge in [0, 0.05) is 23.9 Å². The molecule has 0 heterocycles. The van der Waals surface area contributed by atoms with E-state index in [-0.39, 0.29) is 6.61 Å². The van der Waals surface area contributed by atoms with E-state index in [2.05, 4.69) is 5.32 Å². The highest BCUT2D eigenvalue weighted by Gasteiger charge is 2.10. The van der Waals surface area contributed by atoms with Crippen LogP contribution < -0.4 is 19.5 Å². The quantitative estimate of drug-likeness (QED) is 0.589. The van der Waals surface area contributed by atoms with Crippen molar-refractivity contribution in [1.29, 1.82) is 0 Å². The number of carbonyl (C=O) groups is 2. The summed E-state index contributed by atoms with van der Waals surface area (Å²) < 4.78 is 20.7. The lowest BCUT2D eigenvalue weighted by molar-refractivity contribution is -0.149. The molecule has 3 aromatic carbocycles. The molecule has 1 amide bonds. The van der Waals surface area contributed by atoms with E-state index >= 15 is 0 Å². The number of benzene rings is 3. The Labute approximate surface area is 168 Å². The number of esters is 1. The molecule has 0 aliphatic carbocycles. The molecule has 7 nitrogen and oxygen atoms in total. The summed E-state index contributed by atoms with van der Waals surface area (Å²) in [5, 5.41) is 4.71. The highest BCUT2D eigenvalue weighted by molar-refractivity contribution is 5.93. The van der Waals surface area contributed by atoms with E-state index in [9.17, 15) is 9.59 Å². The van der Waals surface area contributed by atoms with E-state index < -0.39 is 18.5 Å². The zero-order valence-electron chi connectivity index (χ0n) is 16.1. The standard InChI is InChI=1S/C22H21NO6/c1-26-19-10-17(11-20(12-19)27-2)23-21(24)13-29-22(25)14-28-18-8-7-15-5-3-4-6-16(15)9-18/h3-12H,13-14H2,1-2H3,(H,23,24). The van der Waals surface area contributed by atoms with Crippen molar-refractivity contribution in [1.82, 2.24) is 0 Å². The fraction of sp³-hybridized carbons (Fsp3) is 0.182. The van der Waals surface area contributed by atoms with Crippen LogP contribution in [-0.2, 0) is 14.3 Å². The maximum atomic E-state index is 12.0.